The lowest BCUT2D eigenvalue weighted by Gasteiger charge is -2.07. The number of hydrogen-bond acceptors (Lipinski definition) is 6. The van der Waals surface area contributed by atoms with Gasteiger partial charge in [0.1, 0.15) is 11.5 Å². The van der Waals surface area contributed by atoms with E-state index in [4.69, 9.17) is 9.47 Å². The summed E-state index contributed by atoms with van der Waals surface area (Å²) < 4.78 is 34.9. The van der Waals surface area contributed by atoms with Gasteiger partial charge in [0, 0.05) is 12.2 Å². The molecule has 7 heteroatoms. The Kier molecular flexibility index (Phi) is 5.51. The van der Waals surface area contributed by atoms with Gasteiger partial charge in [-0.1, -0.05) is 13.2 Å². The summed E-state index contributed by atoms with van der Waals surface area (Å²) in [6, 6.07) is 10.8. The molecule has 0 spiro atoms. The first-order valence-electron chi connectivity index (χ1n) is 7.00. The highest BCUT2D eigenvalue weighted by Gasteiger charge is 2.18. The van der Waals surface area contributed by atoms with Gasteiger partial charge in [-0.15, -0.1) is 0 Å². The molecule has 0 aromatic heterocycles. The van der Waals surface area contributed by atoms with E-state index in [1.807, 2.05) is 0 Å². The van der Waals surface area contributed by atoms with Crippen molar-refractivity contribution in [2.75, 3.05) is 0 Å². The molecule has 6 nitrogen and oxygen atoms in total. The summed E-state index contributed by atoms with van der Waals surface area (Å²) in [7, 11) is -3.76. The Labute approximate surface area is 144 Å². The summed E-state index contributed by atoms with van der Waals surface area (Å²) in [5, 5.41) is 0. The molecular weight excluding hydrogens is 344 g/mol. The largest absolute Gasteiger partial charge is 0.423 e. The van der Waals surface area contributed by atoms with Crippen molar-refractivity contribution < 1.29 is 27.5 Å². The van der Waals surface area contributed by atoms with Gasteiger partial charge in [-0.05, 0) is 48.5 Å². The highest BCUT2D eigenvalue weighted by molar-refractivity contribution is 7.91. The van der Waals surface area contributed by atoms with Crippen molar-refractivity contribution in [3.05, 3.63) is 73.8 Å². The van der Waals surface area contributed by atoms with Crippen LogP contribution < -0.4 is 9.47 Å². The second-order valence-corrected chi connectivity index (χ2v) is 6.65. The molecule has 0 saturated heterocycles. The van der Waals surface area contributed by atoms with Gasteiger partial charge >= 0.3 is 11.9 Å². The third-order valence-corrected chi connectivity index (χ3v) is 4.82. The van der Waals surface area contributed by atoms with E-state index in [-0.39, 0.29) is 21.3 Å². The molecule has 2 aromatic carbocycles. The van der Waals surface area contributed by atoms with Crippen LogP contribution in [0.1, 0.15) is 0 Å². The molecule has 0 heterocycles. The third kappa shape index (κ3) is 4.42. The number of hydrogen-bond donors (Lipinski definition) is 0. The van der Waals surface area contributed by atoms with Crippen LogP contribution in [0, 0.1) is 0 Å². The molecule has 2 rings (SSSR count). The van der Waals surface area contributed by atoms with Crippen molar-refractivity contribution in [2.24, 2.45) is 0 Å². The summed E-state index contributed by atoms with van der Waals surface area (Å²) in [4.78, 5) is 22.3. The molecule has 0 bridgehead atoms. The van der Waals surface area contributed by atoms with Gasteiger partial charge < -0.3 is 9.47 Å². The molecule has 0 radical (unpaired) electrons. The maximum absolute atomic E-state index is 12.6. The van der Waals surface area contributed by atoms with E-state index in [1.54, 1.807) is 0 Å². The van der Waals surface area contributed by atoms with Crippen molar-refractivity contribution in [3.8, 4) is 11.5 Å². The molecule has 0 atom stereocenters. The number of ether oxygens (including phenoxy) is 2. The molecule has 0 N–H and O–H groups in total. The number of benzene rings is 2. The fourth-order valence-electron chi connectivity index (χ4n) is 1.83. The van der Waals surface area contributed by atoms with Gasteiger partial charge in [0.25, 0.3) is 0 Å². The van der Waals surface area contributed by atoms with E-state index in [1.165, 1.54) is 48.5 Å². The van der Waals surface area contributed by atoms with Gasteiger partial charge in [-0.25, -0.2) is 18.0 Å². The Morgan fingerprint density at radius 2 is 1.04 bits per heavy atom. The molecule has 0 unspecified atom stereocenters. The van der Waals surface area contributed by atoms with Crippen LogP contribution in [0.5, 0.6) is 11.5 Å². The zero-order chi connectivity index (χ0) is 18.4. The van der Waals surface area contributed by atoms with Crippen molar-refractivity contribution in [1.82, 2.24) is 0 Å². The molecule has 25 heavy (non-hydrogen) atoms. The predicted octanol–water partition coefficient (Wildman–Crippen LogP) is 2.70. The summed E-state index contributed by atoms with van der Waals surface area (Å²) in [6.07, 6.45) is 2.01. The van der Waals surface area contributed by atoms with E-state index in [0.29, 0.717) is 0 Å². The van der Waals surface area contributed by atoms with Crippen LogP contribution in [0.25, 0.3) is 0 Å². The van der Waals surface area contributed by atoms with E-state index in [2.05, 4.69) is 13.2 Å². The summed E-state index contributed by atoms with van der Waals surface area (Å²) in [5.41, 5.74) is 0. The number of carbonyl (C=O) groups is 2. The number of sulfone groups is 1. The van der Waals surface area contributed by atoms with Gasteiger partial charge in [0.2, 0.25) is 9.84 Å². The fourth-order valence-corrected chi connectivity index (χ4v) is 3.09. The van der Waals surface area contributed by atoms with Gasteiger partial charge in [0.05, 0.1) is 9.79 Å². The molecule has 0 saturated carbocycles. The molecule has 2 aromatic rings. The van der Waals surface area contributed by atoms with E-state index in [9.17, 15) is 18.0 Å². The first-order chi connectivity index (χ1) is 11.9. The van der Waals surface area contributed by atoms with Crippen LogP contribution in [0.15, 0.2) is 83.6 Å². The Balaban J connectivity index is 2.23. The number of rotatable bonds is 6. The van der Waals surface area contributed by atoms with Crippen LogP contribution in [0.4, 0.5) is 0 Å². The average molecular weight is 358 g/mol. The Bertz CT molecular complexity index is 838. The maximum atomic E-state index is 12.6. The Morgan fingerprint density at radius 3 is 1.32 bits per heavy atom. The quantitative estimate of drug-likeness (QED) is 0.448. The number of esters is 2. The lowest BCUT2D eigenvalue weighted by Crippen LogP contribution is -2.05. The summed E-state index contributed by atoms with van der Waals surface area (Å²) in [5.74, 6) is -0.869. The predicted molar refractivity (Wildman–Crippen MR) is 90.0 cm³/mol. The molecule has 0 aliphatic rings. The van der Waals surface area contributed by atoms with Crippen molar-refractivity contribution in [2.45, 2.75) is 9.79 Å². The van der Waals surface area contributed by atoms with Crippen molar-refractivity contribution in [1.29, 1.82) is 0 Å². The zero-order valence-electron chi connectivity index (χ0n) is 13.0. The second kappa shape index (κ2) is 7.59. The van der Waals surface area contributed by atoms with Crippen LogP contribution in [0.3, 0.4) is 0 Å². The molecule has 0 aliphatic carbocycles. The summed E-state index contributed by atoms with van der Waals surface area (Å²) >= 11 is 0. The minimum absolute atomic E-state index is 0.0294. The van der Waals surface area contributed by atoms with E-state index < -0.39 is 21.8 Å². The van der Waals surface area contributed by atoms with Crippen molar-refractivity contribution in [3.63, 3.8) is 0 Å². The van der Waals surface area contributed by atoms with E-state index in [0.717, 1.165) is 12.2 Å². The van der Waals surface area contributed by atoms with Gasteiger partial charge in [-0.3, -0.25) is 0 Å². The lowest BCUT2D eigenvalue weighted by atomic mass is 10.3. The molecule has 0 fully saturated rings. The van der Waals surface area contributed by atoms with Crippen molar-refractivity contribution >= 4 is 21.8 Å². The molecule has 0 amide bonds. The average Bonchev–Trinajstić information content (AvgIpc) is 2.62. The third-order valence-electron chi connectivity index (χ3n) is 3.04. The second-order valence-electron chi connectivity index (χ2n) is 4.70. The van der Waals surface area contributed by atoms with E-state index >= 15 is 0 Å². The minimum atomic E-state index is -3.76. The lowest BCUT2D eigenvalue weighted by molar-refractivity contribution is -0.129. The standard InChI is InChI=1S/C18H14O6S/c1-3-17(19)23-13-5-9-15(10-6-13)25(21,22)16-11-7-14(8-12-16)24-18(20)4-2/h3-12H,1-2H2. The van der Waals surface area contributed by atoms with Crippen LogP contribution >= 0.6 is 0 Å². The SMILES string of the molecule is C=CC(=O)Oc1ccc(S(=O)(=O)c2ccc(OC(=O)C=C)cc2)cc1. The monoisotopic (exact) mass is 358 g/mol. The highest BCUT2D eigenvalue weighted by atomic mass is 32.2. The highest BCUT2D eigenvalue weighted by Crippen LogP contribution is 2.25. The molecule has 128 valence electrons. The Morgan fingerprint density at radius 1 is 0.720 bits per heavy atom. The first kappa shape index (κ1) is 18.2. The van der Waals surface area contributed by atoms with Gasteiger partial charge in [-0.2, -0.15) is 0 Å². The topological polar surface area (TPSA) is 86.7 Å². The van der Waals surface area contributed by atoms with Crippen LogP contribution in [0.2, 0.25) is 0 Å². The van der Waals surface area contributed by atoms with Gasteiger partial charge in [0.15, 0.2) is 0 Å². The van der Waals surface area contributed by atoms with Crippen LogP contribution in [-0.2, 0) is 19.4 Å². The smallest absolute Gasteiger partial charge is 0.335 e. The van der Waals surface area contributed by atoms with Crippen LogP contribution in [-0.4, -0.2) is 20.4 Å². The number of carbonyl (C=O) groups excluding carboxylic acids is 2. The zero-order valence-corrected chi connectivity index (χ0v) is 13.9. The normalized spacial score (nSPS) is 10.6. The first-order valence-corrected chi connectivity index (χ1v) is 8.49. The fraction of sp³-hybridized carbons (Fsp3) is 0. The molecular formula is C18H14O6S. The minimum Gasteiger partial charge on any atom is -0.423 e. The molecule has 0 aliphatic heterocycles. The maximum Gasteiger partial charge on any atom is 0.335 e. The Hall–Kier alpha value is -3.19. The summed E-state index contributed by atoms with van der Waals surface area (Å²) in [6.45, 7) is 6.55.